The van der Waals surface area contributed by atoms with Crippen LogP contribution >= 0.6 is 31.9 Å². The quantitative estimate of drug-likeness (QED) is 0.395. The molecule has 0 bridgehead atoms. The molecule has 2 aromatic carbocycles. The second-order valence-electron chi connectivity index (χ2n) is 6.03. The Kier molecular flexibility index (Phi) is 5.82. The highest BCUT2D eigenvalue weighted by atomic mass is 79.9. The maximum Gasteiger partial charge on any atom is 0.271 e. The summed E-state index contributed by atoms with van der Waals surface area (Å²) in [7, 11) is 0. The van der Waals surface area contributed by atoms with Crippen molar-refractivity contribution in [2.45, 2.75) is 13.8 Å². The normalized spacial score (nSPS) is 11.1. The average molecular weight is 491 g/mol. The first-order chi connectivity index (χ1) is 12.9. The van der Waals surface area contributed by atoms with Gasteiger partial charge in [-0.2, -0.15) is 5.10 Å². The van der Waals surface area contributed by atoms with E-state index < -0.39 is 0 Å². The highest BCUT2D eigenvalue weighted by Crippen LogP contribution is 2.32. The number of aromatic nitrogens is 1. The second kappa shape index (κ2) is 8.10. The van der Waals surface area contributed by atoms with Gasteiger partial charge in [0.15, 0.2) is 0 Å². The first kappa shape index (κ1) is 19.4. The van der Waals surface area contributed by atoms with Crippen LogP contribution in [0.15, 0.2) is 62.6 Å². The van der Waals surface area contributed by atoms with Crippen molar-refractivity contribution in [1.82, 2.24) is 9.99 Å². The highest BCUT2D eigenvalue weighted by molar-refractivity contribution is 9.11. The number of halogens is 2. The van der Waals surface area contributed by atoms with Gasteiger partial charge < -0.3 is 9.67 Å². The van der Waals surface area contributed by atoms with Crippen molar-refractivity contribution >= 4 is 44.0 Å². The average Bonchev–Trinajstić information content (AvgIpc) is 2.98. The van der Waals surface area contributed by atoms with Crippen LogP contribution in [0, 0.1) is 13.8 Å². The van der Waals surface area contributed by atoms with E-state index in [1.54, 1.807) is 24.3 Å². The smallest absolute Gasteiger partial charge is 0.271 e. The monoisotopic (exact) mass is 489 g/mol. The van der Waals surface area contributed by atoms with Gasteiger partial charge in [-0.3, -0.25) is 4.79 Å². The minimum atomic E-state index is -0.296. The van der Waals surface area contributed by atoms with Crippen molar-refractivity contribution in [3.05, 3.63) is 80.0 Å². The Labute approximate surface area is 174 Å². The van der Waals surface area contributed by atoms with Crippen molar-refractivity contribution in [2.75, 3.05) is 0 Å². The molecular weight excluding hydrogens is 474 g/mol. The summed E-state index contributed by atoms with van der Waals surface area (Å²) in [6, 6.07) is 14.9. The number of phenolic OH excluding ortho intramolecular Hbond substituents is 1. The molecule has 1 amide bonds. The molecule has 7 heteroatoms. The summed E-state index contributed by atoms with van der Waals surface area (Å²) in [5, 5.41) is 13.7. The van der Waals surface area contributed by atoms with Crippen molar-refractivity contribution in [2.24, 2.45) is 5.10 Å². The third-order valence-corrected chi connectivity index (χ3v) is 5.29. The third kappa shape index (κ3) is 4.31. The maximum absolute atomic E-state index is 12.3. The van der Waals surface area contributed by atoms with Crippen molar-refractivity contribution in [1.29, 1.82) is 0 Å². The molecule has 0 saturated carbocycles. The fraction of sp³-hybridized carbons (Fsp3) is 0.100. The fourth-order valence-corrected chi connectivity index (χ4v) is 3.95. The number of phenols is 1. The molecule has 0 saturated heterocycles. The summed E-state index contributed by atoms with van der Waals surface area (Å²) in [4.78, 5) is 12.3. The number of amides is 1. The Balaban J connectivity index is 1.70. The predicted octanol–water partition coefficient (Wildman–Crippen LogP) is 5.09. The Bertz CT molecular complexity index is 982. The largest absolute Gasteiger partial charge is 0.506 e. The molecule has 1 aromatic heterocycles. The number of aromatic hydroxyl groups is 1. The zero-order chi connectivity index (χ0) is 19.6. The van der Waals surface area contributed by atoms with Gasteiger partial charge in [0, 0.05) is 22.6 Å². The van der Waals surface area contributed by atoms with E-state index in [2.05, 4.69) is 59.1 Å². The lowest BCUT2D eigenvalue weighted by Crippen LogP contribution is -2.17. The number of nitrogens with one attached hydrogen (secondary N) is 1. The summed E-state index contributed by atoms with van der Waals surface area (Å²) in [6.07, 6.45) is 1.51. The summed E-state index contributed by atoms with van der Waals surface area (Å²) in [5.41, 5.74) is 7.04. The number of hydrogen-bond donors (Lipinski definition) is 2. The van der Waals surface area contributed by atoms with Crippen LogP contribution in [0.4, 0.5) is 0 Å². The lowest BCUT2D eigenvalue weighted by Gasteiger charge is -2.10. The van der Waals surface area contributed by atoms with E-state index in [1.807, 2.05) is 26.0 Å². The van der Waals surface area contributed by atoms with Crippen molar-refractivity contribution in [3.63, 3.8) is 0 Å². The van der Waals surface area contributed by atoms with E-state index >= 15 is 0 Å². The van der Waals surface area contributed by atoms with E-state index in [0.29, 0.717) is 14.5 Å². The first-order valence-corrected chi connectivity index (χ1v) is 9.72. The molecule has 2 N–H and O–H groups in total. The van der Waals surface area contributed by atoms with Gasteiger partial charge in [0.2, 0.25) is 0 Å². The van der Waals surface area contributed by atoms with Gasteiger partial charge in [-0.15, -0.1) is 0 Å². The van der Waals surface area contributed by atoms with Crippen LogP contribution in [0.5, 0.6) is 5.75 Å². The van der Waals surface area contributed by atoms with Crippen molar-refractivity contribution in [3.8, 4) is 11.4 Å². The minimum absolute atomic E-state index is 0.115. The fourth-order valence-electron chi connectivity index (χ4n) is 2.73. The zero-order valence-corrected chi connectivity index (χ0v) is 17.9. The Morgan fingerprint density at radius 1 is 1.04 bits per heavy atom. The Morgan fingerprint density at radius 3 is 2.15 bits per heavy atom. The lowest BCUT2D eigenvalue weighted by molar-refractivity contribution is 0.0955. The Hall–Kier alpha value is -2.38. The topological polar surface area (TPSA) is 66.6 Å². The van der Waals surface area contributed by atoms with E-state index in [4.69, 9.17) is 0 Å². The van der Waals surface area contributed by atoms with Crippen LogP contribution in [-0.2, 0) is 0 Å². The van der Waals surface area contributed by atoms with E-state index in [1.165, 1.54) is 6.21 Å². The minimum Gasteiger partial charge on any atom is -0.506 e. The molecule has 0 aliphatic carbocycles. The molecule has 0 unspecified atom stereocenters. The third-order valence-electron chi connectivity index (χ3n) is 4.08. The number of rotatable bonds is 4. The van der Waals surface area contributed by atoms with Crippen LogP contribution < -0.4 is 5.43 Å². The Morgan fingerprint density at radius 2 is 1.59 bits per heavy atom. The van der Waals surface area contributed by atoms with Crippen LogP contribution in [0.25, 0.3) is 5.69 Å². The summed E-state index contributed by atoms with van der Waals surface area (Å²) in [6.45, 7) is 4.09. The molecular formula is C20H17Br2N3O2. The van der Waals surface area contributed by atoms with E-state index in [-0.39, 0.29) is 11.7 Å². The maximum atomic E-state index is 12.3. The first-order valence-electron chi connectivity index (χ1n) is 8.13. The summed E-state index contributed by atoms with van der Waals surface area (Å²) >= 11 is 6.51. The van der Waals surface area contributed by atoms with Crippen LogP contribution in [-0.4, -0.2) is 21.8 Å². The van der Waals surface area contributed by atoms with Gasteiger partial charge in [-0.1, -0.05) is 0 Å². The molecule has 0 radical (unpaired) electrons. The number of aryl methyl sites for hydroxylation is 2. The molecule has 5 nitrogen and oxygen atoms in total. The molecule has 1 heterocycles. The SMILES string of the molecule is Cc1ccc(C)n1-c1ccc(C(=O)NN=Cc2cc(Br)c(O)c(Br)c2)cc1. The number of carbonyl (C=O) groups excluding carboxylic acids is 1. The zero-order valence-electron chi connectivity index (χ0n) is 14.7. The number of carbonyl (C=O) groups is 1. The molecule has 0 spiro atoms. The van der Waals surface area contributed by atoms with Crippen molar-refractivity contribution < 1.29 is 9.90 Å². The van der Waals surface area contributed by atoms with Crippen LogP contribution in [0.3, 0.4) is 0 Å². The van der Waals surface area contributed by atoms with Gasteiger partial charge in [0.1, 0.15) is 5.75 Å². The molecule has 0 atom stereocenters. The van der Waals surface area contributed by atoms with Gasteiger partial charge in [-0.05, 0) is 99.8 Å². The van der Waals surface area contributed by atoms with Crippen LogP contribution in [0.2, 0.25) is 0 Å². The molecule has 0 aliphatic heterocycles. The molecule has 0 aliphatic rings. The summed E-state index contributed by atoms with van der Waals surface area (Å²) in [5.74, 6) is -0.180. The van der Waals surface area contributed by atoms with Gasteiger partial charge in [0.05, 0.1) is 15.2 Å². The number of hydrazone groups is 1. The van der Waals surface area contributed by atoms with Crippen LogP contribution in [0.1, 0.15) is 27.3 Å². The second-order valence-corrected chi connectivity index (χ2v) is 7.74. The molecule has 0 fully saturated rings. The number of benzene rings is 2. The van der Waals surface area contributed by atoms with E-state index in [0.717, 1.165) is 22.6 Å². The number of nitrogens with zero attached hydrogens (tertiary/aromatic N) is 2. The van der Waals surface area contributed by atoms with Gasteiger partial charge in [0.25, 0.3) is 5.91 Å². The molecule has 27 heavy (non-hydrogen) atoms. The highest BCUT2D eigenvalue weighted by Gasteiger charge is 2.08. The van der Waals surface area contributed by atoms with Gasteiger partial charge in [-0.25, -0.2) is 5.43 Å². The molecule has 3 rings (SSSR count). The summed E-state index contributed by atoms with van der Waals surface area (Å²) < 4.78 is 3.20. The standard InChI is InChI=1S/C20H17Br2N3O2/c1-12-3-4-13(2)25(12)16-7-5-15(6-8-16)20(27)24-23-11-14-9-17(21)19(26)18(22)10-14/h3-11,26H,1-2H3,(H,24,27). The number of hydrogen-bond acceptors (Lipinski definition) is 3. The lowest BCUT2D eigenvalue weighted by atomic mass is 10.2. The molecule has 138 valence electrons. The predicted molar refractivity (Wildman–Crippen MR) is 114 cm³/mol. The molecule has 3 aromatic rings. The van der Waals surface area contributed by atoms with Gasteiger partial charge >= 0.3 is 0 Å². The van der Waals surface area contributed by atoms with E-state index in [9.17, 15) is 9.90 Å².